The van der Waals surface area contributed by atoms with E-state index in [-0.39, 0.29) is 29.9 Å². The molecule has 1 heterocycles. The van der Waals surface area contributed by atoms with Crippen LogP contribution in [0.4, 0.5) is 0 Å². The molecule has 7 heteroatoms. The molecule has 1 fully saturated rings. The van der Waals surface area contributed by atoms with Crippen LogP contribution in [0, 0.1) is 0 Å². The van der Waals surface area contributed by atoms with Gasteiger partial charge in [-0.3, -0.25) is 9.79 Å². The van der Waals surface area contributed by atoms with Crippen molar-refractivity contribution >= 4 is 35.8 Å². The van der Waals surface area contributed by atoms with Crippen molar-refractivity contribution in [2.24, 2.45) is 4.99 Å². The van der Waals surface area contributed by atoms with Crippen molar-refractivity contribution in [1.29, 1.82) is 0 Å². The van der Waals surface area contributed by atoms with E-state index < -0.39 is 0 Å². The van der Waals surface area contributed by atoms with Gasteiger partial charge in [0, 0.05) is 44.4 Å². The van der Waals surface area contributed by atoms with Crippen LogP contribution >= 0.6 is 24.0 Å². The lowest BCUT2D eigenvalue weighted by Gasteiger charge is -2.26. The Kier molecular flexibility index (Phi) is 11.1. The molecule has 0 atom stereocenters. The van der Waals surface area contributed by atoms with Crippen molar-refractivity contribution in [3.05, 3.63) is 77.9 Å². The van der Waals surface area contributed by atoms with Gasteiger partial charge in [0.25, 0.3) is 5.91 Å². The smallest absolute Gasteiger partial charge is 0.253 e. The molecule has 1 amide bonds. The fourth-order valence-corrected chi connectivity index (χ4v) is 3.57. The van der Waals surface area contributed by atoms with Gasteiger partial charge >= 0.3 is 0 Å². The second kappa shape index (κ2) is 13.8. The fourth-order valence-electron chi connectivity index (χ4n) is 3.57. The van der Waals surface area contributed by atoms with Crippen LogP contribution in [-0.4, -0.2) is 43.5 Å². The molecule has 172 valence electrons. The highest BCUT2D eigenvalue weighted by atomic mass is 127. The molecule has 1 aliphatic rings. The summed E-state index contributed by atoms with van der Waals surface area (Å²) in [6.45, 7) is 7.11. The van der Waals surface area contributed by atoms with Crippen molar-refractivity contribution in [3.63, 3.8) is 0 Å². The van der Waals surface area contributed by atoms with E-state index in [9.17, 15) is 4.79 Å². The molecule has 0 spiro atoms. The van der Waals surface area contributed by atoms with E-state index in [0.717, 1.165) is 48.4 Å². The van der Waals surface area contributed by atoms with Gasteiger partial charge in [0.05, 0.1) is 0 Å². The molecule has 2 N–H and O–H groups in total. The number of nitrogens with zero attached hydrogens (tertiary/aromatic N) is 2. The first-order valence-corrected chi connectivity index (χ1v) is 10.9. The number of hydrogen-bond acceptors (Lipinski definition) is 3. The third-order valence-corrected chi connectivity index (χ3v) is 5.30. The molecule has 2 aromatic rings. The first kappa shape index (κ1) is 25.7. The quantitative estimate of drug-likeness (QED) is 0.223. The number of halogens is 1. The second-order valence-corrected chi connectivity index (χ2v) is 7.54. The molecule has 0 aromatic heterocycles. The van der Waals surface area contributed by atoms with Gasteiger partial charge in [0.2, 0.25) is 0 Å². The van der Waals surface area contributed by atoms with Gasteiger partial charge < -0.3 is 20.3 Å². The lowest BCUT2D eigenvalue weighted by atomic mass is 10.1. The summed E-state index contributed by atoms with van der Waals surface area (Å²) in [5, 5.41) is 6.63. The minimum absolute atomic E-state index is 0. The van der Waals surface area contributed by atoms with Crippen LogP contribution in [0.15, 0.2) is 66.2 Å². The molecule has 0 aliphatic carbocycles. The summed E-state index contributed by atoms with van der Waals surface area (Å²) >= 11 is 0. The first-order valence-electron chi connectivity index (χ1n) is 10.9. The number of para-hydroxylation sites is 1. The molecule has 3 rings (SSSR count). The van der Waals surface area contributed by atoms with E-state index in [1.54, 1.807) is 13.1 Å². The van der Waals surface area contributed by atoms with Gasteiger partial charge in [-0.15, -0.1) is 24.0 Å². The van der Waals surface area contributed by atoms with Crippen LogP contribution in [-0.2, 0) is 13.1 Å². The number of guanidine groups is 1. The van der Waals surface area contributed by atoms with E-state index in [2.05, 4.69) is 22.2 Å². The number of carbonyl (C=O) groups excluding carboxylic acids is 1. The van der Waals surface area contributed by atoms with Crippen molar-refractivity contribution in [2.45, 2.75) is 32.4 Å². The number of carbonyl (C=O) groups is 1. The zero-order valence-electron chi connectivity index (χ0n) is 18.7. The van der Waals surface area contributed by atoms with Gasteiger partial charge in [-0.25, -0.2) is 0 Å². The van der Waals surface area contributed by atoms with E-state index in [1.165, 1.54) is 6.42 Å². The number of likely N-dealkylation sites (tertiary alicyclic amines) is 1. The summed E-state index contributed by atoms with van der Waals surface area (Å²) in [6, 6.07) is 15.7. The maximum absolute atomic E-state index is 12.6. The largest absolute Gasteiger partial charge is 0.489 e. The Morgan fingerprint density at radius 1 is 1.06 bits per heavy atom. The van der Waals surface area contributed by atoms with Crippen molar-refractivity contribution < 1.29 is 9.53 Å². The number of nitrogens with one attached hydrogen (secondary N) is 2. The number of benzene rings is 2. The van der Waals surface area contributed by atoms with Crippen LogP contribution in [0.1, 0.15) is 40.7 Å². The maximum Gasteiger partial charge on any atom is 0.253 e. The van der Waals surface area contributed by atoms with Crippen LogP contribution in [0.25, 0.3) is 0 Å². The second-order valence-electron chi connectivity index (χ2n) is 7.54. The molecule has 2 aromatic carbocycles. The Morgan fingerprint density at radius 2 is 1.75 bits per heavy atom. The maximum atomic E-state index is 12.6. The van der Waals surface area contributed by atoms with Crippen LogP contribution < -0.4 is 15.4 Å². The lowest BCUT2D eigenvalue weighted by molar-refractivity contribution is 0.0724. The SMILES string of the molecule is C=CCOc1ccccc1CNC(=NC)NCc1ccc(C(=O)N2CCCCC2)cc1.I. The highest BCUT2D eigenvalue weighted by Crippen LogP contribution is 2.17. The molecule has 0 unspecified atom stereocenters. The van der Waals surface area contributed by atoms with Crippen molar-refractivity contribution in [3.8, 4) is 5.75 Å². The molecule has 32 heavy (non-hydrogen) atoms. The molecular formula is C25H33IN4O2. The Bertz CT molecular complexity index is 893. The van der Waals surface area contributed by atoms with E-state index >= 15 is 0 Å². The molecule has 0 saturated carbocycles. The zero-order valence-corrected chi connectivity index (χ0v) is 21.0. The summed E-state index contributed by atoms with van der Waals surface area (Å²) in [5.74, 6) is 1.67. The third-order valence-electron chi connectivity index (χ3n) is 5.30. The average molecular weight is 548 g/mol. The predicted octanol–water partition coefficient (Wildman–Crippen LogP) is 4.36. The fraction of sp³-hybridized carbons (Fsp3) is 0.360. The third kappa shape index (κ3) is 7.55. The predicted molar refractivity (Wildman–Crippen MR) is 141 cm³/mol. The average Bonchev–Trinajstić information content (AvgIpc) is 2.84. The van der Waals surface area contributed by atoms with Crippen LogP contribution in [0.2, 0.25) is 0 Å². The number of hydrogen-bond donors (Lipinski definition) is 2. The summed E-state index contributed by atoms with van der Waals surface area (Å²) in [4.78, 5) is 18.9. The van der Waals surface area contributed by atoms with E-state index in [1.807, 2.05) is 53.4 Å². The number of rotatable bonds is 8. The Labute approximate surface area is 208 Å². The molecule has 1 aliphatic heterocycles. The van der Waals surface area contributed by atoms with Gasteiger partial charge in [0.15, 0.2) is 5.96 Å². The minimum Gasteiger partial charge on any atom is -0.489 e. The van der Waals surface area contributed by atoms with Gasteiger partial charge in [-0.2, -0.15) is 0 Å². The zero-order chi connectivity index (χ0) is 21.9. The molecular weight excluding hydrogens is 515 g/mol. The molecule has 6 nitrogen and oxygen atoms in total. The number of amides is 1. The molecule has 0 radical (unpaired) electrons. The first-order chi connectivity index (χ1) is 15.2. The Morgan fingerprint density at radius 3 is 2.44 bits per heavy atom. The summed E-state index contributed by atoms with van der Waals surface area (Å²) in [7, 11) is 1.75. The lowest BCUT2D eigenvalue weighted by Crippen LogP contribution is -2.36. The van der Waals surface area contributed by atoms with Crippen LogP contribution in [0.3, 0.4) is 0 Å². The number of aliphatic imine (C=N–C) groups is 1. The highest BCUT2D eigenvalue weighted by molar-refractivity contribution is 14.0. The van der Waals surface area contributed by atoms with Gasteiger partial charge in [0.1, 0.15) is 12.4 Å². The normalized spacial score (nSPS) is 13.7. The van der Waals surface area contributed by atoms with E-state index in [4.69, 9.17) is 4.74 Å². The number of ether oxygens (including phenoxy) is 1. The van der Waals surface area contributed by atoms with Gasteiger partial charge in [-0.1, -0.05) is 43.0 Å². The van der Waals surface area contributed by atoms with Crippen molar-refractivity contribution in [2.75, 3.05) is 26.7 Å². The molecule has 0 bridgehead atoms. The van der Waals surface area contributed by atoms with Crippen molar-refractivity contribution in [1.82, 2.24) is 15.5 Å². The topological polar surface area (TPSA) is 66.0 Å². The number of piperidine rings is 1. The van der Waals surface area contributed by atoms with E-state index in [0.29, 0.717) is 25.7 Å². The standard InChI is InChI=1S/C25H32N4O2.HI/c1-3-17-31-23-10-6-5-9-22(23)19-28-25(26-2)27-18-20-11-13-21(14-12-20)24(30)29-15-7-4-8-16-29;/h3,5-6,9-14H,1,4,7-8,15-19H2,2H3,(H2,26,27,28);1H. The van der Waals surface area contributed by atoms with Gasteiger partial charge in [-0.05, 0) is 43.0 Å². The van der Waals surface area contributed by atoms with Crippen LogP contribution in [0.5, 0.6) is 5.75 Å². The highest BCUT2D eigenvalue weighted by Gasteiger charge is 2.17. The monoisotopic (exact) mass is 548 g/mol. The Hall–Kier alpha value is -2.55. The Balaban J connectivity index is 0.00000363. The summed E-state index contributed by atoms with van der Waals surface area (Å²) in [5.41, 5.74) is 2.89. The minimum atomic E-state index is 0. The summed E-state index contributed by atoms with van der Waals surface area (Å²) in [6.07, 6.45) is 5.16. The molecule has 1 saturated heterocycles. The summed E-state index contributed by atoms with van der Waals surface area (Å²) < 4.78 is 5.71.